The van der Waals surface area contributed by atoms with Crippen molar-refractivity contribution in [2.24, 2.45) is 0 Å². The Balaban J connectivity index is 1.26. The Morgan fingerprint density at radius 2 is 1.80 bits per heavy atom. The van der Waals surface area contributed by atoms with Crippen molar-refractivity contribution >= 4 is 22.8 Å². The first-order chi connectivity index (χ1) is 14.6. The molecule has 4 rings (SSSR count). The van der Waals surface area contributed by atoms with E-state index >= 15 is 0 Å². The van der Waals surface area contributed by atoms with Gasteiger partial charge in [-0.15, -0.1) is 0 Å². The summed E-state index contributed by atoms with van der Waals surface area (Å²) in [5.41, 5.74) is 2.29. The van der Waals surface area contributed by atoms with E-state index in [9.17, 15) is 9.59 Å². The van der Waals surface area contributed by atoms with E-state index in [1.807, 2.05) is 36.1 Å². The number of Topliss-reactive ketones (excluding diaryl/α,β-unsaturated/α-hetero) is 1. The van der Waals surface area contributed by atoms with E-state index in [1.54, 1.807) is 24.3 Å². The molecule has 1 aliphatic rings. The quantitative estimate of drug-likeness (QED) is 0.537. The zero-order valence-electron chi connectivity index (χ0n) is 17.2. The summed E-state index contributed by atoms with van der Waals surface area (Å²) in [7, 11) is 0. The molecule has 30 heavy (non-hydrogen) atoms. The number of benzene rings is 2. The lowest BCUT2D eigenvalue weighted by Gasteiger charge is -2.30. The number of hydrogen-bond donors (Lipinski definition) is 0. The number of oxazole rings is 1. The van der Waals surface area contributed by atoms with Gasteiger partial charge in [0.2, 0.25) is 5.91 Å². The molecular weight excluding hydrogens is 380 g/mol. The van der Waals surface area contributed by atoms with Crippen LogP contribution in [0.5, 0.6) is 5.75 Å². The first kappa shape index (κ1) is 20.1. The lowest BCUT2D eigenvalue weighted by molar-refractivity contribution is -0.132. The number of carbonyl (C=O) groups is 2. The van der Waals surface area contributed by atoms with Gasteiger partial charge in [-0.05, 0) is 56.2 Å². The average Bonchev–Trinajstić information content (AvgIpc) is 3.22. The van der Waals surface area contributed by atoms with Crippen molar-refractivity contribution in [2.75, 3.05) is 19.7 Å². The summed E-state index contributed by atoms with van der Waals surface area (Å²) in [5.74, 6) is 1.74. The van der Waals surface area contributed by atoms with Crippen LogP contribution in [0.15, 0.2) is 52.9 Å². The second-order valence-electron chi connectivity index (χ2n) is 7.56. The fourth-order valence-electron chi connectivity index (χ4n) is 3.87. The fraction of sp³-hybridized carbons (Fsp3) is 0.375. The molecule has 1 aliphatic heterocycles. The number of rotatable bonds is 7. The molecule has 6 nitrogen and oxygen atoms in total. The largest absolute Gasteiger partial charge is 0.494 e. The molecule has 1 saturated heterocycles. The van der Waals surface area contributed by atoms with Gasteiger partial charge in [-0.25, -0.2) is 4.98 Å². The van der Waals surface area contributed by atoms with Gasteiger partial charge in [-0.1, -0.05) is 12.1 Å². The molecular formula is C24H26N2O4. The van der Waals surface area contributed by atoms with Crippen LogP contribution in [0.3, 0.4) is 0 Å². The lowest BCUT2D eigenvalue weighted by atomic mass is 9.96. The van der Waals surface area contributed by atoms with Crippen molar-refractivity contribution < 1.29 is 18.7 Å². The van der Waals surface area contributed by atoms with Crippen molar-refractivity contribution in [1.82, 2.24) is 9.88 Å². The number of ether oxygens (including phenoxy) is 1. The average molecular weight is 406 g/mol. The fourth-order valence-corrected chi connectivity index (χ4v) is 3.87. The van der Waals surface area contributed by atoms with E-state index in [2.05, 4.69) is 4.98 Å². The molecule has 0 unspecified atom stereocenters. The summed E-state index contributed by atoms with van der Waals surface area (Å²) in [6, 6.07) is 14.8. The van der Waals surface area contributed by atoms with Gasteiger partial charge in [0.25, 0.3) is 0 Å². The Morgan fingerprint density at radius 1 is 1.07 bits per heavy atom. The topological polar surface area (TPSA) is 72.6 Å². The summed E-state index contributed by atoms with van der Waals surface area (Å²) in [6.45, 7) is 3.84. The van der Waals surface area contributed by atoms with Crippen LogP contribution in [0.2, 0.25) is 0 Å². The van der Waals surface area contributed by atoms with Crippen LogP contribution in [0.25, 0.3) is 11.1 Å². The van der Waals surface area contributed by atoms with E-state index in [-0.39, 0.29) is 30.4 Å². The first-order valence-electron chi connectivity index (χ1n) is 10.5. The summed E-state index contributed by atoms with van der Waals surface area (Å²) in [4.78, 5) is 31.4. The van der Waals surface area contributed by atoms with Crippen molar-refractivity contribution in [1.29, 1.82) is 0 Å². The minimum Gasteiger partial charge on any atom is -0.494 e. The van der Waals surface area contributed by atoms with Crippen LogP contribution < -0.4 is 4.74 Å². The Hall–Kier alpha value is -3.15. The predicted molar refractivity (Wildman–Crippen MR) is 114 cm³/mol. The van der Waals surface area contributed by atoms with E-state index < -0.39 is 0 Å². The number of carbonyl (C=O) groups excluding carboxylic acids is 2. The van der Waals surface area contributed by atoms with Crippen molar-refractivity contribution in [2.45, 2.75) is 38.5 Å². The molecule has 1 fully saturated rings. The third kappa shape index (κ3) is 4.53. The summed E-state index contributed by atoms with van der Waals surface area (Å²) < 4.78 is 11.3. The van der Waals surface area contributed by atoms with E-state index in [0.717, 1.165) is 35.6 Å². The molecule has 6 heteroatoms. The van der Waals surface area contributed by atoms with Crippen LogP contribution >= 0.6 is 0 Å². The van der Waals surface area contributed by atoms with Gasteiger partial charge in [0.15, 0.2) is 17.3 Å². The molecule has 2 heterocycles. The highest BCUT2D eigenvalue weighted by Gasteiger charge is 2.27. The summed E-state index contributed by atoms with van der Waals surface area (Å²) >= 11 is 0. The van der Waals surface area contributed by atoms with Crippen LogP contribution in [-0.4, -0.2) is 41.3 Å². The molecule has 0 aliphatic carbocycles. The first-order valence-corrected chi connectivity index (χ1v) is 10.5. The van der Waals surface area contributed by atoms with Gasteiger partial charge in [-0.2, -0.15) is 0 Å². The molecule has 156 valence electrons. The third-order valence-corrected chi connectivity index (χ3v) is 5.56. The maximum Gasteiger partial charge on any atom is 0.223 e. The molecule has 1 amide bonds. The maximum atomic E-state index is 12.6. The molecule has 0 saturated carbocycles. The highest BCUT2D eigenvalue weighted by Crippen LogP contribution is 2.30. The smallest absolute Gasteiger partial charge is 0.223 e. The number of fused-ring (bicyclic) bond motifs is 1. The van der Waals surface area contributed by atoms with Crippen LogP contribution in [0.1, 0.15) is 54.8 Å². The molecule has 0 atom stereocenters. The number of piperidine rings is 1. The zero-order chi connectivity index (χ0) is 20.9. The van der Waals surface area contributed by atoms with Crippen molar-refractivity contribution in [3.8, 4) is 5.75 Å². The van der Waals surface area contributed by atoms with Gasteiger partial charge < -0.3 is 14.1 Å². The highest BCUT2D eigenvalue weighted by molar-refractivity contribution is 5.98. The second kappa shape index (κ2) is 9.11. The molecule has 3 aromatic rings. The van der Waals surface area contributed by atoms with Gasteiger partial charge in [0, 0.05) is 37.4 Å². The molecule has 0 bridgehead atoms. The molecule has 1 aromatic heterocycles. The summed E-state index contributed by atoms with van der Waals surface area (Å²) in [5, 5.41) is 0. The Bertz CT molecular complexity index is 984. The van der Waals surface area contributed by atoms with Gasteiger partial charge >= 0.3 is 0 Å². The number of aromatic nitrogens is 1. The zero-order valence-corrected chi connectivity index (χ0v) is 17.2. The van der Waals surface area contributed by atoms with Gasteiger partial charge in [0.1, 0.15) is 11.3 Å². The highest BCUT2D eigenvalue weighted by atomic mass is 16.5. The number of ketones is 1. The second-order valence-corrected chi connectivity index (χ2v) is 7.56. The van der Waals surface area contributed by atoms with Crippen molar-refractivity contribution in [3.05, 3.63) is 60.0 Å². The minimum atomic E-state index is -0.0206. The maximum absolute atomic E-state index is 12.6. The van der Waals surface area contributed by atoms with E-state index in [1.165, 1.54) is 0 Å². The third-order valence-electron chi connectivity index (χ3n) is 5.56. The molecule has 0 radical (unpaired) electrons. The SMILES string of the molecule is CCOc1ccc(C(=O)CCC(=O)N2CCC(c3nc4ccccc4o3)CC2)cc1. The monoisotopic (exact) mass is 406 g/mol. The van der Waals surface area contributed by atoms with Crippen LogP contribution in [-0.2, 0) is 4.79 Å². The number of likely N-dealkylation sites (tertiary alicyclic amines) is 1. The minimum absolute atomic E-state index is 0.0206. The lowest BCUT2D eigenvalue weighted by Crippen LogP contribution is -2.38. The standard InChI is InChI=1S/C24H26N2O4/c1-2-29-19-9-7-17(8-10-19)21(27)11-12-23(28)26-15-13-18(14-16-26)24-25-20-5-3-4-6-22(20)30-24/h3-10,18H,2,11-16H2,1H3. The number of nitrogens with zero attached hydrogens (tertiary/aromatic N) is 2. The van der Waals surface area contributed by atoms with E-state index in [0.29, 0.717) is 25.3 Å². The Labute approximate surface area is 175 Å². The number of hydrogen-bond acceptors (Lipinski definition) is 5. The van der Waals surface area contributed by atoms with Crippen LogP contribution in [0.4, 0.5) is 0 Å². The number of amides is 1. The normalized spacial score (nSPS) is 14.8. The van der Waals surface area contributed by atoms with Gasteiger partial charge in [-0.3, -0.25) is 9.59 Å². The summed E-state index contributed by atoms with van der Waals surface area (Å²) in [6.07, 6.45) is 2.11. The van der Waals surface area contributed by atoms with Crippen molar-refractivity contribution in [3.63, 3.8) is 0 Å². The predicted octanol–water partition coefficient (Wildman–Crippen LogP) is 4.60. The Morgan fingerprint density at radius 3 is 2.50 bits per heavy atom. The van der Waals surface area contributed by atoms with Crippen LogP contribution in [0, 0.1) is 0 Å². The molecule has 2 aromatic carbocycles. The molecule has 0 spiro atoms. The van der Waals surface area contributed by atoms with E-state index in [4.69, 9.17) is 9.15 Å². The van der Waals surface area contributed by atoms with Gasteiger partial charge in [0.05, 0.1) is 6.61 Å². The number of para-hydroxylation sites is 2. The molecule has 0 N–H and O–H groups in total. The Kier molecular flexibility index (Phi) is 6.12.